The molecule has 2 aliphatic heterocycles. The molecule has 32 heavy (non-hydrogen) atoms. The van der Waals surface area contributed by atoms with Crippen LogP contribution in [0.5, 0.6) is 0 Å². The number of fused-ring (bicyclic) bond motifs is 1. The lowest BCUT2D eigenvalue weighted by molar-refractivity contribution is -0.123. The minimum atomic E-state index is -0.246. The van der Waals surface area contributed by atoms with Gasteiger partial charge in [-0.15, -0.1) is 5.10 Å². The van der Waals surface area contributed by atoms with E-state index in [4.69, 9.17) is 10.1 Å². The van der Waals surface area contributed by atoms with Gasteiger partial charge in [0.2, 0.25) is 11.9 Å². The van der Waals surface area contributed by atoms with Gasteiger partial charge in [0, 0.05) is 43.0 Å². The Hall–Kier alpha value is -3.14. The molecule has 1 aliphatic carbocycles. The van der Waals surface area contributed by atoms with Gasteiger partial charge >= 0.3 is 0 Å². The van der Waals surface area contributed by atoms with E-state index < -0.39 is 0 Å². The van der Waals surface area contributed by atoms with E-state index in [0.717, 1.165) is 56.7 Å². The second-order valence-corrected chi connectivity index (χ2v) is 9.11. The second kappa shape index (κ2) is 8.09. The normalized spacial score (nSPS) is 23.6. The average molecular weight is 436 g/mol. The number of nitrogens with zero attached hydrogens (tertiary/aromatic N) is 5. The van der Waals surface area contributed by atoms with E-state index in [-0.39, 0.29) is 18.0 Å². The number of aromatic amines is 1. The number of H-pyrrole nitrogens is 1. The lowest BCUT2D eigenvalue weighted by Crippen LogP contribution is -2.51. The monoisotopic (exact) mass is 435 g/mol. The van der Waals surface area contributed by atoms with Crippen LogP contribution in [0.3, 0.4) is 0 Å². The van der Waals surface area contributed by atoms with Crippen LogP contribution in [-0.2, 0) is 4.79 Å². The van der Waals surface area contributed by atoms with Gasteiger partial charge in [0.15, 0.2) is 11.6 Å². The second-order valence-electron chi connectivity index (χ2n) is 9.11. The molecule has 0 spiro atoms. The molecule has 1 saturated carbocycles. The average Bonchev–Trinajstić information content (AvgIpc) is 3.20. The van der Waals surface area contributed by atoms with Crippen LogP contribution in [0.4, 0.5) is 17.6 Å². The molecule has 1 amide bonds. The Balaban J connectivity index is 1.25. The van der Waals surface area contributed by atoms with Crippen molar-refractivity contribution in [3.05, 3.63) is 30.1 Å². The van der Waals surface area contributed by atoms with E-state index >= 15 is 0 Å². The van der Waals surface area contributed by atoms with Gasteiger partial charge in [0.25, 0.3) is 0 Å². The Labute approximate surface area is 186 Å². The number of hydrogen-bond donors (Lipinski definition) is 4. The fourth-order valence-corrected chi connectivity index (χ4v) is 4.81. The maximum atomic E-state index is 13.1. The number of nitrogens with one attached hydrogen (secondary N) is 4. The molecule has 0 unspecified atom stereocenters. The summed E-state index contributed by atoms with van der Waals surface area (Å²) in [4.78, 5) is 20.0. The summed E-state index contributed by atoms with van der Waals surface area (Å²) in [6.45, 7) is 2.63. The van der Waals surface area contributed by atoms with E-state index in [0.29, 0.717) is 17.7 Å². The highest BCUT2D eigenvalue weighted by Crippen LogP contribution is 2.39. The number of carbonyl (C=O) groups is 1. The summed E-state index contributed by atoms with van der Waals surface area (Å²) in [6, 6.07) is 5.94. The first-order chi connectivity index (χ1) is 15.7. The van der Waals surface area contributed by atoms with Crippen molar-refractivity contribution in [2.45, 2.75) is 56.5 Å². The van der Waals surface area contributed by atoms with Crippen molar-refractivity contribution in [3.8, 4) is 0 Å². The molecule has 0 radical (unpaired) electrons. The first kappa shape index (κ1) is 19.5. The Bertz CT molecular complexity index is 1110. The summed E-state index contributed by atoms with van der Waals surface area (Å²) in [5.41, 5.74) is 2.04. The SMILES string of the molecule is O=C(N[C@@H]1CCCNC1)[C@H]1CCCN1c1nc(Nc2cc(C3CC3)[nH]n2)c2cccn2n1. The van der Waals surface area contributed by atoms with Crippen molar-refractivity contribution in [1.82, 2.24) is 35.4 Å². The number of anilines is 3. The van der Waals surface area contributed by atoms with Crippen molar-refractivity contribution < 1.29 is 4.79 Å². The minimum Gasteiger partial charge on any atom is -0.350 e. The third kappa shape index (κ3) is 3.79. The van der Waals surface area contributed by atoms with E-state index in [1.807, 2.05) is 27.7 Å². The van der Waals surface area contributed by atoms with Crippen molar-refractivity contribution in [2.75, 3.05) is 29.9 Å². The highest BCUT2D eigenvalue weighted by molar-refractivity contribution is 5.86. The van der Waals surface area contributed by atoms with Crippen LogP contribution in [-0.4, -0.2) is 62.4 Å². The van der Waals surface area contributed by atoms with Gasteiger partial charge in [-0.3, -0.25) is 9.89 Å². The Morgan fingerprint density at radius 1 is 1.19 bits per heavy atom. The topological polar surface area (TPSA) is 115 Å². The van der Waals surface area contributed by atoms with Crippen molar-refractivity contribution in [1.29, 1.82) is 0 Å². The van der Waals surface area contributed by atoms with Crippen LogP contribution in [0, 0.1) is 0 Å². The number of carbonyl (C=O) groups excluding carboxylic acids is 1. The maximum absolute atomic E-state index is 13.1. The molecule has 2 atom stereocenters. The lowest BCUT2D eigenvalue weighted by atomic mass is 10.1. The van der Waals surface area contributed by atoms with Crippen LogP contribution >= 0.6 is 0 Å². The summed E-state index contributed by atoms with van der Waals surface area (Å²) in [7, 11) is 0. The quantitative estimate of drug-likeness (QED) is 0.467. The molecule has 4 N–H and O–H groups in total. The molecule has 10 heteroatoms. The molecule has 3 aromatic heterocycles. The van der Waals surface area contributed by atoms with Crippen molar-refractivity contribution in [2.24, 2.45) is 0 Å². The number of aromatic nitrogens is 5. The maximum Gasteiger partial charge on any atom is 0.246 e. The zero-order valence-corrected chi connectivity index (χ0v) is 18.0. The zero-order valence-electron chi connectivity index (χ0n) is 18.0. The van der Waals surface area contributed by atoms with Gasteiger partial charge in [-0.25, -0.2) is 4.52 Å². The van der Waals surface area contributed by atoms with Crippen LogP contribution in [0.15, 0.2) is 24.4 Å². The zero-order chi connectivity index (χ0) is 21.5. The van der Waals surface area contributed by atoms with E-state index in [1.54, 1.807) is 0 Å². The summed E-state index contributed by atoms with van der Waals surface area (Å²) < 4.78 is 1.82. The molecular formula is C22H29N9O. The first-order valence-electron chi connectivity index (χ1n) is 11.7. The fourth-order valence-electron chi connectivity index (χ4n) is 4.81. The van der Waals surface area contributed by atoms with E-state index in [2.05, 4.69) is 32.2 Å². The van der Waals surface area contributed by atoms with Gasteiger partial charge in [0.1, 0.15) is 11.6 Å². The summed E-state index contributed by atoms with van der Waals surface area (Å²) in [5.74, 6) is 2.68. The lowest BCUT2D eigenvalue weighted by Gasteiger charge is -2.28. The Morgan fingerprint density at radius 2 is 2.12 bits per heavy atom. The number of piperidine rings is 1. The summed E-state index contributed by atoms with van der Waals surface area (Å²) in [5, 5.41) is 22.2. The highest BCUT2D eigenvalue weighted by atomic mass is 16.2. The molecular weight excluding hydrogens is 406 g/mol. The smallest absolute Gasteiger partial charge is 0.246 e. The van der Waals surface area contributed by atoms with E-state index in [1.165, 1.54) is 18.5 Å². The van der Waals surface area contributed by atoms with Gasteiger partial charge in [-0.05, 0) is 57.2 Å². The standard InChI is InChI=1S/C22H29N9O/c32-21(24-15-4-1-9-23-13-15)18-6-2-10-30(18)22-26-20(17-5-3-11-31(17)29-22)25-19-12-16(27-28-19)14-7-8-14/h3,5,11-12,14-15,18,23H,1-2,4,6-10,13H2,(H,24,32)(H2,25,26,27,28,29)/t15-,18-/m1/s1. The van der Waals surface area contributed by atoms with Crippen LogP contribution in [0.2, 0.25) is 0 Å². The molecule has 2 saturated heterocycles. The largest absolute Gasteiger partial charge is 0.350 e. The van der Waals surface area contributed by atoms with Crippen molar-refractivity contribution in [3.63, 3.8) is 0 Å². The van der Waals surface area contributed by atoms with Gasteiger partial charge in [-0.2, -0.15) is 10.1 Å². The highest BCUT2D eigenvalue weighted by Gasteiger charge is 2.34. The summed E-state index contributed by atoms with van der Waals surface area (Å²) in [6.07, 6.45) is 8.22. The number of amides is 1. The predicted molar refractivity (Wildman–Crippen MR) is 121 cm³/mol. The fraction of sp³-hybridized carbons (Fsp3) is 0.545. The molecule has 3 fully saturated rings. The Kier molecular flexibility index (Phi) is 4.94. The van der Waals surface area contributed by atoms with Crippen LogP contribution < -0.4 is 20.9 Å². The predicted octanol–water partition coefficient (Wildman–Crippen LogP) is 1.91. The molecule has 3 aliphatic rings. The Morgan fingerprint density at radius 3 is 2.97 bits per heavy atom. The third-order valence-electron chi connectivity index (χ3n) is 6.70. The number of rotatable bonds is 6. The minimum absolute atomic E-state index is 0.0725. The molecule has 5 heterocycles. The molecule has 0 aromatic carbocycles. The molecule has 6 rings (SSSR count). The van der Waals surface area contributed by atoms with Gasteiger partial charge < -0.3 is 20.9 Å². The molecule has 168 valence electrons. The summed E-state index contributed by atoms with van der Waals surface area (Å²) >= 11 is 0. The first-order valence-corrected chi connectivity index (χ1v) is 11.7. The van der Waals surface area contributed by atoms with Crippen molar-refractivity contribution >= 4 is 29.0 Å². The molecule has 10 nitrogen and oxygen atoms in total. The van der Waals surface area contributed by atoms with E-state index in [9.17, 15) is 4.79 Å². The van der Waals surface area contributed by atoms with Gasteiger partial charge in [0.05, 0.1) is 0 Å². The van der Waals surface area contributed by atoms with Gasteiger partial charge in [-0.1, -0.05) is 0 Å². The molecule has 0 bridgehead atoms. The third-order valence-corrected chi connectivity index (χ3v) is 6.70. The van der Waals surface area contributed by atoms with Crippen LogP contribution in [0.1, 0.15) is 50.1 Å². The van der Waals surface area contributed by atoms with Crippen LogP contribution in [0.25, 0.3) is 5.52 Å². The number of hydrogen-bond acceptors (Lipinski definition) is 7. The molecule has 3 aromatic rings.